The van der Waals surface area contributed by atoms with Gasteiger partial charge in [0.05, 0.1) is 10.8 Å². The first-order chi connectivity index (χ1) is 14.1. The zero-order valence-electron chi connectivity index (χ0n) is 16.6. The molecule has 2 rings (SSSR count). The first-order valence-electron chi connectivity index (χ1n) is 9.37. The second kappa shape index (κ2) is 9.23. The first kappa shape index (κ1) is 25.2. The fraction of sp³-hybridized carbons (Fsp3) is 0.611. The fourth-order valence-electron chi connectivity index (χ4n) is 3.13. The van der Waals surface area contributed by atoms with Crippen LogP contribution in [0.1, 0.15) is 45.1 Å². The molecule has 1 saturated carbocycles. The molecule has 1 aromatic carbocycles. The van der Waals surface area contributed by atoms with E-state index in [2.05, 4.69) is 14.8 Å². The van der Waals surface area contributed by atoms with Gasteiger partial charge in [-0.3, -0.25) is 4.79 Å². The van der Waals surface area contributed by atoms with E-state index < -0.39 is 50.9 Å². The lowest BCUT2D eigenvalue weighted by Gasteiger charge is -2.29. The Hall–Kier alpha value is -2.02. The minimum absolute atomic E-state index is 0.278. The summed E-state index contributed by atoms with van der Waals surface area (Å²) < 4.78 is 106. The Morgan fingerprint density at radius 1 is 1.06 bits per heavy atom. The van der Waals surface area contributed by atoms with Crippen molar-refractivity contribution in [2.45, 2.75) is 63.4 Å². The summed E-state index contributed by atoms with van der Waals surface area (Å²) in [6.45, 7) is 3.06. The van der Waals surface area contributed by atoms with E-state index in [-0.39, 0.29) is 11.7 Å². The van der Waals surface area contributed by atoms with Gasteiger partial charge in [0, 0.05) is 23.7 Å². The third-order valence-electron chi connectivity index (χ3n) is 4.83. The van der Waals surface area contributed by atoms with Crippen LogP contribution in [0.4, 0.5) is 32.0 Å². The minimum atomic E-state index is -5.34. The third kappa shape index (κ3) is 7.27. The highest BCUT2D eigenvalue weighted by Crippen LogP contribution is 2.40. The maximum absolute atomic E-state index is 12.9. The van der Waals surface area contributed by atoms with Crippen molar-refractivity contribution in [1.82, 2.24) is 4.72 Å². The number of nitrogens with one attached hydrogen (secondary N) is 2. The number of anilines is 1. The number of sulfonamides is 1. The monoisotopic (exact) mass is 476 g/mol. The SMILES string of the molecule is CC(C)S(=O)(=O)NC1CCC(C(=O)Nc2ccc(C(F)(F)F)c(OC(F)(F)F)c2)CC1. The van der Waals surface area contributed by atoms with E-state index in [0.717, 1.165) is 6.07 Å². The number of halogens is 6. The average molecular weight is 476 g/mol. The molecule has 1 fully saturated rings. The van der Waals surface area contributed by atoms with Crippen LogP contribution in [-0.4, -0.2) is 32.0 Å². The molecule has 0 radical (unpaired) electrons. The van der Waals surface area contributed by atoms with Gasteiger partial charge < -0.3 is 10.1 Å². The van der Waals surface area contributed by atoms with Crippen LogP contribution in [0.3, 0.4) is 0 Å². The smallest absolute Gasteiger partial charge is 0.405 e. The van der Waals surface area contributed by atoms with E-state index in [9.17, 15) is 39.6 Å². The van der Waals surface area contributed by atoms with Gasteiger partial charge in [0.2, 0.25) is 15.9 Å². The van der Waals surface area contributed by atoms with Crippen LogP contribution in [0, 0.1) is 5.92 Å². The van der Waals surface area contributed by atoms with Crippen molar-refractivity contribution in [3.8, 4) is 5.75 Å². The number of benzene rings is 1. The van der Waals surface area contributed by atoms with Gasteiger partial charge in [-0.1, -0.05) is 0 Å². The predicted octanol–water partition coefficient (Wildman–Crippen LogP) is 4.43. The molecule has 13 heteroatoms. The van der Waals surface area contributed by atoms with Crippen LogP contribution in [0.25, 0.3) is 0 Å². The van der Waals surface area contributed by atoms with Crippen LogP contribution in [0.5, 0.6) is 5.75 Å². The Morgan fingerprint density at radius 3 is 2.13 bits per heavy atom. The maximum Gasteiger partial charge on any atom is 0.573 e. The fourth-order valence-corrected chi connectivity index (χ4v) is 4.10. The van der Waals surface area contributed by atoms with Crippen LogP contribution in [0.15, 0.2) is 18.2 Å². The Kier molecular flexibility index (Phi) is 7.51. The van der Waals surface area contributed by atoms with E-state index in [1.165, 1.54) is 13.8 Å². The van der Waals surface area contributed by atoms with Crippen molar-refractivity contribution >= 4 is 21.6 Å². The van der Waals surface area contributed by atoms with Gasteiger partial charge in [-0.25, -0.2) is 13.1 Å². The second-order valence-electron chi connectivity index (χ2n) is 7.51. The standard InChI is InChI=1S/C18H22F6N2O4S/c1-10(2)31(28,29)26-12-5-3-11(4-6-12)16(27)25-13-7-8-14(17(19,20)21)15(9-13)30-18(22,23)24/h7-12,26H,3-6H2,1-2H3,(H,25,27). The Labute approximate surface area is 175 Å². The van der Waals surface area contributed by atoms with E-state index in [0.29, 0.717) is 37.8 Å². The molecule has 0 bridgehead atoms. The molecule has 0 spiro atoms. The Morgan fingerprint density at radius 2 is 1.65 bits per heavy atom. The summed E-state index contributed by atoms with van der Waals surface area (Å²) in [5.41, 5.74) is -1.90. The quantitative estimate of drug-likeness (QED) is 0.595. The molecular formula is C18H22F6N2O4S. The van der Waals surface area contributed by atoms with Crippen molar-refractivity contribution < 1.29 is 44.3 Å². The normalized spacial score (nSPS) is 20.5. The highest BCUT2D eigenvalue weighted by atomic mass is 32.2. The molecule has 0 saturated heterocycles. The molecule has 2 N–H and O–H groups in total. The number of alkyl halides is 6. The molecule has 0 heterocycles. The number of rotatable bonds is 6. The van der Waals surface area contributed by atoms with Gasteiger partial charge in [0.25, 0.3) is 0 Å². The lowest BCUT2D eigenvalue weighted by atomic mass is 9.86. The first-order valence-corrected chi connectivity index (χ1v) is 10.9. The zero-order chi connectivity index (χ0) is 23.6. The summed E-state index contributed by atoms with van der Waals surface area (Å²) in [5.74, 6) is -2.61. The Bertz CT molecular complexity index is 891. The van der Waals surface area contributed by atoms with E-state index in [1.807, 2.05) is 0 Å². The lowest BCUT2D eigenvalue weighted by Crippen LogP contribution is -2.42. The van der Waals surface area contributed by atoms with Gasteiger partial charge >= 0.3 is 12.5 Å². The van der Waals surface area contributed by atoms with Crippen LogP contribution >= 0.6 is 0 Å². The van der Waals surface area contributed by atoms with Gasteiger partial charge in [0.15, 0.2) is 0 Å². The molecule has 0 unspecified atom stereocenters. The molecule has 0 aromatic heterocycles. The summed E-state index contributed by atoms with van der Waals surface area (Å²) in [4.78, 5) is 12.4. The molecular weight excluding hydrogens is 454 g/mol. The predicted molar refractivity (Wildman–Crippen MR) is 99.7 cm³/mol. The summed E-state index contributed by atoms with van der Waals surface area (Å²) in [7, 11) is -3.47. The van der Waals surface area contributed by atoms with Crippen molar-refractivity contribution in [1.29, 1.82) is 0 Å². The summed E-state index contributed by atoms with van der Waals surface area (Å²) >= 11 is 0. The molecule has 176 valence electrons. The molecule has 0 atom stereocenters. The maximum atomic E-state index is 12.9. The largest absolute Gasteiger partial charge is 0.573 e. The molecule has 1 amide bonds. The van der Waals surface area contributed by atoms with Crippen molar-refractivity contribution in [2.75, 3.05) is 5.32 Å². The number of carbonyl (C=O) groups is 1. The summed E-state index contributed by atoms with van der Waals surface area (Å²) in [6, 6.07) is 1.37. The van der Waals surface area contributed by atoms with Crippen LogP contribution in [-0.2, 0) is 21.0 Å². The van der Waals surface area contributed by atoms with Crippen molar-refractivity contribution in [3.63, 3.8) is 0 Å². The number of amides is 1. The molecule has 6 nitrogen and oxygen atoms in total. The lowest BCUT2D eigenvalue weighted by molar-refractivity contribution is -0.276. The number of ether oxygens (including phenoxy) is 1. The summed E-state index contributed by atoms with van der Waals surface area (Å²) in [5, 5.41) is 1.70. The van der Waals surface area contributed by atoms with E-state index >= 15 is 0 Å². The van der Waals surface area contributed by atoms with Crippen molar-refractivity contribution in [2.24, 2.45) is 5.92 Å². The average Bonchev–Trinajstić information content (AvgIpc) is 2.59. The minimum Gasteiger partial charge on any atom is -0.405 e. The number of carbonyl (C=O) groups excluding carboxylic acids is 1. The van der Waals surface area contributed by atoms with Gasteiger partial charge in [-0.2, -0.15) is 13.2 Å². The van der Waals surface area contributed by atoms with E-state index in [4.69, 9.17) is 0 Å². The second-order valence-corrected chi connectivity index (χ2v) is 9.77. The van der Waals surface area contributed by atoms with Gasteiger partial charge in [-0.05, 0) is 51.7 Å². The molecule has 0 aliphatic heterocycles. The van der Waals surface area contributed by atoms with Crippen LogP contribution < -0.4 is 14.8 Å². The number of hydrogen-bond acceptors (Lipinski definition) is 4. The molecule has 1 aliphatic rings. The molecule has 1 aromatic rings. The number of hydrogen-bond donors (Lipinski definition) is 2. The van der Waals surface area contributed by atoms with Crippen LogP contribution in [0.2, 0.25) is 0 Å². The Balaban J connectivity index is 2.05. The topological polar surface area (TPSA) is 84.5 Å². The zero-order valence-corrected chi connectivity index (χ0v) is 17.4. The highest BCUT2D eigenvalue weighted by molar-refractivity contribution is 7.90. The third-order valence-corrected chi connectivity index (χ3v) is 6.73. The summed E-state index contributed by atoms with van der Waals surface area (Å²) in [6.07, 6.45) is -9.05. The van der Waals surface area contributed by atoms with E-state index in [1.54, 1.807) is 0 Å². The molecule has 1 aliphatic carbocycles. The van der Waals surface area contributed by atoms with Gasteiger partial charge in [-0.15, -0.1) is 13.2 Å². The van der Waals surface area contributed by atoms with Crippen molar-refractivity contribution in [3.05, 3.63) is 23.8 Å². The molecule has 31 heavy (non-hydrogen) atoms. The van der Waals surface area contributed by atoms with Gasteiger partial charge in [0.1, 0.15) is 5.75 Å². The highest BCUT2D eigenvalue weighted by Gasteiger charge is 2.39.